The zero-order valence-corrected chi connectivity index (χ0v) is 14.9. The van der Waals surface area contributed by atoms with E-state index in [0.29, 0.717) is 22.7 Å². The highest BCUT2D eigenvalue weighted by Crippen LogP contribution is 2.25. The third-order valence-corrected chi connectivity index (χ3v) is 4.04. The van der Waals surface area contributed by atoms with Gasteiger partial charge in [-0.25, -0.2) is 9.97 Å². The van der Waals surface area contributed by atoms with Crippen molar-refractivity contribution in [3.8, 4) is 29.4 Å². The summed E-state index contributed by atoms with van der Waals surface area (Å²) in [6.45, 7) is 1.77. The van der Waals surface area contributed by atoms with E-state index >= 15 is 0 Å². The Hall–Kier alpha value is -3.54. The van der Waals surface area contributed by atoms with Crippen molar-refractivity contribution in [3.63, 3.8) is 0 Å². The van der Waals surface area contributed by atoms with Gasteiger partial charge in [0.2, 0.25) is 0 Å². The van der Waals surface area contributed by atoms with Crippen molar-refractivity contribution in [1.29, 1.82) is 0 Å². The van der Waals surface area contributed by atoms with Gasteiger partial charge in [-0.1, -0.05) is 18.1 Å². The smallest absolute Gasteiger partial charge is 0.420 e. The minimum atomic E-state index is -4.77. The summed E-state index contributed by atoms with van der Waals surface area (Å²) < 4.78 is 45.2. The number of halogens is 3. The molecule has 2 heterocycles. The Morgan fingerprint density at radius 3 is 2.75 bits per heavy atom. The van der Waals surface area contributed by atoms with Crippen molar-refractivity contribution in [3.05, 3.63) is 48.0 Å². The van der Waals surface area contributed by atoms with Gasteiger partial charge in [0.25, 0.3) is 5.91 Å². The molecular formula is C19H15F3N4O2. The van der Waals surface area contributed by atoms with Crippen LogP contribution in [0.15, 0.2) is 36.7 Å². The lowest BCUT2D eigenvalue weighted by atomic mass is 10.1. The van der Waals surface area contributed by atoms with Crippen molar-refractivity contribution < 1.29 is 22.7 Å². The number of hydrogen-bond acceptors (Lipinski definition) is 4. The molecule has 3 rings (SSSR count). The lowest BCUT2D eigenvalue weighted by Crippen LogP contribution is -2.44. The Bertz CT molecular complexity index is 1080. The van der Waals surface area contributed by atoms with Gasteiger partial charge in [-0.2, -0.15) is 13.2 Å². The predicted molar refractivity (Wildman–Crippen MR) is 95.9 cm³/mol. The van der Waals surface area contributed by atoms with E-state index in [1.165, 1.54) is 23.8 Å². The number of benzene rings is 1. The van der Waals surface area contributed by atoms with Gasteiger partial charge in [0.1, 0.15) is 12.1 Å². The Labute approximate surface area is 158 Å². The van der Waals surface area contributed by atoms with Crippen molar-refractivity contribution in [2.24, 2.45) is 0 Å². The molecule has 3 aromatic rings. The summed E-state index contributed by atoms with van der Waals surface area (Å²) in [5.74, 6) is 1.08. The molecular weight excluding hydrogens is 373 g/mol. The average Bonchev–Trinajstić information content (AvgIpc) is 3.09. The number of ether oxygens (including phenoxy) is 1. The molecule has 1 aromatic carbocycles. The highest BCUT2D eigenvalue weighted by atomic mass is 19.4. The SMILES string of the molecule is C#CC(NC(=O)c1ncn2c(C)cc(-c3cccc(OC)c3)nc12)C(F)(F)F. The first-order chi connectivity index (χ1) is 13.2. The topological polar surface area (TPSA) is 68.5 Å². The second-order valence-corrected chi connectivity index (χ2v) is 5.92. The Morgan fingerprint density at radius 2 is 2.11 bits per heavy atom. The Balaban J connectivity index is 2.04. The van der Waals surface area contributed by atoms with E-state index in [4.69, 9.17) is 11.2 Å². The lowest BCUT2D eigenvalue weighted by Gasteiger charge is -2.15. The van der Waals surface area contributed by atoms with Crippen molar-refractivity contribution in [1.82, 2.24) is 19.7 Å². The van der Waals surface area contributed by atoms with E-state index in [1.807, 2.05) is 0 Å². The zero-order valence-electron chi connectivity index (χ0n) is 14.9. The molecule has 28 heavy (non-hydrogen) atoms. The van der Waals surface area contributed by atoms with Gasteiger partial charge in [0, 0.05) is 11.3 Å². The van der Waals surface area contributed by atoms with Gasteiger partial charge in [-0.3, -0.25) is 9.20 Å². The van der Waals surface area contributed by atoms with Crippen LogP contribution < -0.4 is 10.1 Å². The summed E-state index contributed by atoms with van der Waals surface area (Å²) in [6.07, 6.45) is 1.44. The highest BCUT2D eigenvalue weighted by Gasteiger charge is 2.40. The predicted octanol–water partition coefficient (Wildman–Crippen LogP) is 3.01. The van der Waals surface area contributed by atoms with Crippen LogP contribution in [0, 0.1) is 19.3 Å². The number of terminal acetylenes is 1. The van der Waals surface area contributed by atoms with Gasteiger partial charge >= 0.3 is 6.18 Å². The highest BCUT2D eigenvalue weighted by molar-refractivity contribution is 5.98. The third kappa shape index (κ3) is 3.62. The number of carbonyl (C=O) groups is 1. The molecule has 144 valence electrons. The van der Waals surface area contributed by atoms with Crippen LogP contribution >= 0.6 is 0 Å². The first-order valence-corrected chi connectivity index (χ1v) is 8.07. The zero-order chi connectivity index (χ0) is 20.5. The lowest BCUT2D eigenvalue weighted by molar-refractivity contribution is -0.140. The van der Waals surface area contributed by atoms with Crippen molar-refractivity contribution in [2.45, 2.75) is 19.1 Å². The minimum Gasteiger partial charge on any atom is -0.497 e. The molecule has 1 amide bonds. The van der Waals surface area contributed by atoms with E-state index in [1.54, 1.807) is 42.6 Å². The van der Waals surface area contributed by atoms with Crippen LogP contribution in [-0.4, -0.2) is 39.6 Å². The summed E-state index contributed by atoms with van der Waals surface area (Å²) in [5, 5.41) is 1.76. The van der Waals surface area contributed by atoms with Crippen molar-refractivity contribution in [2.75, 3.05) is 7.11 Å². The maximum atomic E-state index is 12.8. The maximum Gasteiger partial charge on any atom is 0.420 e. The van der Waals surface area contributed by atoms with Crippen LogP contribution in [-0.2, 0) is 0 Å². The number of nitrogens with one attached hydrogen (secondary N) is 1. The first kappa shape index (κ1) is 19.2. The molecule has 1 atom stereocenters. The van der Waals surface area contributed by atoms with Gasteiger partial charge < -0.3 is 10.1 Å². The van der Waals surface area contributed by atoms with Gasteiger partial charge in [-0.05, 0) is 25.1 Å². The average molecular weight is 388 g/mol. The molecule has 0 spiro atoms. The van der Waals surface area contributed by atoms with Crippen molar-refractivity contribution >= 4 is 11.6 Å². The van der Waals surface area contributed by atoms with E-state index in [0.717, 1.165) is 0 Å². The number of methoxy groups -OCH3 is 1. The molecule has 0 saturated carbocycles. The molecule has 0 saturated heterocycles. The standard InChI is InChI=1S/C19H15F3N4O2/c1-4-15(19(20,21)22)25-18(27)16-17-24-14(8-11(2)26(17)10-23-16)12-6-5-7-13(9-12)28-3/h1,5-10,15H,2-3H3,(H,25,27). The number of nitrogens with zero attached hydrogens (tertiary/aromatic N) is 3. The molecule has 1 N–H and O–H groups in total. The largest absolute Gasteiger partial charge is 0.497 e. The second kappa shape index (κ2) is 7.23. The summed E-state index contributed by atoms with van der Waals surface area (Å²) in [4.78, 5) is 20.7. The van der Waals surface area contributed by atoms with E-state index in [9.17, 15) is 18.0 Å². The number of amides is 1. The third-order valence-electron chi connectivity index (χ3n) is 4.04. The Kier molecular flexibility index (Phi) is 4.96. The van der Waals surface area contributed by atoms with Crippen LogP contribution in [0.3, 0.4) is 0 Å². The van der Waals surface area contributed by atoms with Gasteiger partial charge in [0.05, 0.1) is 12.8 Å². The molecule has 0 fully saturated rings. The maximum absolute atomic E-state index is 12.8. The van der Waals surface area contributed by atoms with Crippen LogP contribution in [0.5, 0.6) is 5.75 Å². The fourth-order valence-electron chi connectivity index (χ4n) is 2.63. The number of aromatic nitrogens is 3. The van der Waals surface area contributed by atoms with E-state index < -0.39 is 18.1 Å². The Morgan fingerprint density at radius 1 is 1.36 bits per heavy atom. The van der Waals surface area contributed by atoms with Crippen LogP contribution in [0.4, 0.5) is 13.2 Å². The monoisotopic (exact) mass is 388 g/mol. The molecule has 0 aliphatic rings. The second-order valence-electron chi connectivity index (χ2n) is 5.92. The molecule has 2 aromatic heterocycles. The number of fused-ring (bicyclic) bond motifs is 1. The summed E-state index contributed by atoms with van der Waals surface area (Å²) in [6, 6.07) is 6.45. The molecule has 0 aliphatic carbocycles. The quantitative estimate of drug-likeness (QED) is 0.698. The van der Waals surface area contributed by atoms with Gasteiger partial charge in [-0.15, -0.1) is 6.42 Å². The normalized spacial score (nSPS) is 12.4. The number of rotatable bonds is 4. The fraction of sp³-hybridized carbons (Fsp3) is 0.211. The first-order valence-electron chi connectivity index (χ1n) is 8.07. The van der Waals surface area contributed by atoms with Crippen LogP contribution in [0.2, 0.25) is 0 Å². The van der Waals surface area contributed by atoms with Crippen LogP contribution in [0.1, 0.15) is 16.2 Å². The van der Waals surface area contributed by atoms with Gasteiger partial charge in [0.15, 0.2) is 17.4 Å². The molecule has 1 unspecified atom stereocenters. The van der Waals surface area contributed by atoms with E-state index in [-0.39, 0.29) is 11.3 Å². The number of imidazole rings is 1. The van der Waals surface area contributed by atoms with Crippen LogP contribution in [0.25, 0.3) is 16.9 Å². The number of hydrogen-bond donors (Lipinski definition) is 1. The summed E-state index contributed by atoms with van der Waals surface area (Å²) >= 11 is 0. The molecule has 0 aliphatic heterocycles. The number of carbonyl (C=O) groups excluding carboxylic acids is 1. The summed E-state index contributed by atoms with van der Waals surface area (Å²) in [7, 11) is 1.53. The molecule has 9 heteroatoms. The number of alkyl halides is 3. The number of aryl methyl sites for hydroxylation is 1. The van der Waals surface area contributed by atoms with E-state index in [2.05, 4.69) is 9.97 Å². The molecule has 6 nitrogen and oxygen atoms in total. The molecule has 0 radical (unpaired) electrons. The fourth-order valence-corrected chi connectivity index (χ4v) is 2.63. The minimum absolute atomic E-state index is 0.119. The molecule has 0 bridgehead atoms. The summed E-state index contributed by atoms with van der Waals surface area (Å²) in [5.41, 5.74) is 1.79.